The van der Waals surface area contributed by atoms with Crippen LogP contribution in [-0.2, 0) is 9.53 Å². The molecule has 25 heavy (non-hydrogen) atoms. The van der Waals surface area contributed by atoms with Gasteiger partial charge in [0.05, 0.1) is 11.5 Å². The van der Waals surface area contributed by atoms with E-state index in [9.17, 15) is 9.59 Å². The van der Waals surface area contributed by atoms with Gasteiger partial charge in [0, 0.05) is 31.7 Å². The first-order valence-electron chi connectivity index (χ1n) is 8.00. The molecule has 7 heteroatoms. The number of hydrogen-bond acceptors (Lipinski definition) is 7. The smallest absolute Gasteiger partial charge is 0.374 e. The van der Waals surface area contributed by atoms with Gasteiger partial charge in [0.15, 0.2) is 0 Å². The van der Waals surface area contributed by atoms with Gasteiger partial charge in [0.2, 0.25) is 5.76 Å². The predicted molar refractivity (Wildman–Crippen MR) is 92.1 cm³/mol. The van der Waals surface area contributed by atoms with Crippen molar-refractivity contribution in [1.82, 2.24) is 4.90 Å². The highest BCUT2D eigenvalue weighted by molar-refractivity contribution is 5.95. The van der Waals surface area contributed by atoms with Crippen molar-refractivity contribution in [2.45, 2.75) is 26.9 Å². The number of likely N-dealkylation sites (N-methyl/N-ethyl adjacent to an activating group) is 1. The molecular weight excluding hydrogens is 326 g/mol. The lowest BCUT2D eigenvalue weighted by Crippen LogP contribution is -2.19. The van der Waals surface area contributed by atoms with E-state index in [1.54, 1.807) is 18.2 Å². The van der Waals surface area contributed by atoms with E-state index in [2.05, 4.69) is 0 Å². The van der Waals surface area contributed by atoms with Crippen molar-refractivity contribution in [3.8, 4) is 11.5 Å². The maximum absolute atomic E-state index is 12.1. The highest BCUT2D eigenvalue weighted by Crippen LogP contribution is 2.34. The van der Waals surface area contributed by atoms with Crippen LogP contribution in [0.1, 0.15) is 31.3 Å². The van der Waals surface area contributed by atoms with E-state index < -0.39 is 11.9 Å². The van der Waals surface area contributed by atoms with Crippen molar-refractivity contribution < 1.29 is 28.2 Å². The summed E-state index contributed by atoms with van der Waals surface area (Å²) in [5.74, 6) is -0.174. The lowest BCUT2D eigenvalue weighted by atomic mass is 10.2. The number of rotatable bonds is 7. The van der Waals surface area contributed by atoms with E-state index in [0.29, 0.717) is 23.3 Å². The van der Waals surface area contributed by atoms with E-state index in [1.807, 2.05) is 32.8 Å². The van der Waals surface area contributed by atoms with Gasteiger partial charge in [-0.15, -0.1) is 0 Å². The molecule has 0 fully saturated rings. The van der Waals surface area contributed by atoms with Gasteiger partial charge >= 0.3 is 11.9 Å². The molecule has 2 rings (SSSR count). The molecule has 0 atom stereocenters. The zero-order valence-corrected chi connectivity index (χ0v) is 15.1. The van der Waals surface area contributed by atoms with E-state index in [4.69, 9.17) is 18.6 Å². The number of furan rings is 1. The second kappa shape index (κ2) is 8.02. The lowest BCUT2D eigenvalue weighted by Gasteiger charge is -2.11. The Labute approximate surface area is 146 Å². The van der Waals surface area contributed by atoms with Crippen LogP contribution in [0.15, 0.2) is 22.6 Å². The lowest BCUT2D eigenvalue weighted by molar-refractivity contribution is -0.131. The zero-order chi connectivity index (χ0) is 18.6. The van der Waals surface area contributed by atoms with Crippen LogP contribution in [0.5, 0.6) is 11.5 Å². The van der Waals surface area contributed by atoms with Crippen LogP contribution in [0.25, 0.3) is 11.0 Å². The number of carbonyl (C=O) groups excluding carboxylic acids is 2. The van der Waals surface area contributed by atoms with Gasteiger partial charge in [-0.05, 0) is 27.9 Å². The normalized spacial score (nSPS) is 11.2. The Kier molecular flexibility index (Phi) is 6.03. The fraction of sp³-hybridized carbons (Fsp3) is 0.444. The maximum atomic E-state index is 12.1. The van der Waals surface area contributed by atoms with E-state index in [-0.39, 0.29) is 24.2 Å². The fourth-order valence-corrected chi connectivity index (χ4v) is 2.15. The SMILES string of the molecule is CC(=O)Oc1cc(OC(C)C)c2cc(C(=O)OCCN(C)C)oc2c1. The van der Waals surface area contributed by atoms with Gasteiger partial charge in [-0.25, -0.2) is 4.79 Å². The second-order valence-electron chi connectivity index (χ2n) is 6.14. The molecule has 136 valence electrons. The highest BCUT2D eigenvalue weighted by atomic mass is 16.5. The van der Waals surface area contributed by atoms with Crippen molar-refractivity contribution in [3.63, 3.8) is 0 Å². The Morgan fingerprint density at radius 3 is 2.52 bits per heavy atom. The molecule has 0 amide bonds. The first kappa shape index (κ1) is 18.8. The summed E-state index contributed by atoms with van der Waals surface area (Å²) in [6, 6.07) is 4.71. The summed E-state index contributed by atoms with van der Waals surface area (Å²) in [6.07, 6.45) is -0.0961. The van der Waals surface area contributed by atoms with Gasteiger partial charge < -0.3 is 23.5 Å². The molecule has 0 bridgehead atoms. The summed E-state index contributed by atoms with van der Waals surface area (Å²) in [6.45, 7) is 5.94. The summed E-state index contributed by atoms with van der Waals surface area (Å²) in [7, 11) is 3.78. The molecule has 7 nitrogen and oxygen atoms in total. The quantitative estimate of drug-likeness (QED) is 0.562. The van der Waals surface area contributed by atoms with Crippen LogP contribution in [-0.4, -0.2) is 50.2 Å². The number of nitrogens with zero attached hydrogens (tertiary/aromatic N) is 1. The topological polar surface area (TPSA) is 78.2 Å². The summed E-state index contributed by atoms with van der Waals surface area (Å²) in [5, 5.41) is 0.615. The Morgan fingerprint density at radius 2 is 1.92 bits per heavy atom. The van der Waals surface area contributed by atoms with Crippen LogP contribution in [0.3, 0.4) is 0 Å². The highest BCUT2D eigenvalue weighted by Gasteiger charge is 2.19. The van der Waals surface area contributed by atoms with Crippen molar-refractivity contribution in [2.75, 3.05) is 27.2 Å². The molecule has 0 saturated heterocycles. The van der Waals surface area contributed by atoms with Crippen LogP contribution in [0.2, 0.25) is 0 Å². The van der Waals surface area contributed by atoms with Crippen molar-refractivity contribution in [1.29, 1.82) is 0 Å². The van der Waals surface area contributed by atoms with Gasteiger partial charge in [0.25, 0.3) is 0 Å². The van der Waals surface area contributed by atoms with Crippen molar-refractivity contribution in [2.24, 2.45) is 0 Å². The van der Waals surface area contributed by atoms with Crippen molar-refractivity contribution >= 4 is 22.9 Å². The summed E-state index contributed by atoms with van der Waals surface area (Å²) in [4.78, 5) is 25.2. The number of ether oxygens (including phenoxy) is 3. The van der Waals surface area contributed by atoms with Crippen LogP contribution in [0, 0.1) is 0 Å². The first-order chi connectivity index (χ1) is 11.8. The first-order valence-corrected chi connectivity index (χ1v) is 8.00. The fourth-order valence-electron chi connectivity index (χ4n) is 2.15. The Morgan fingerprint density at radius 1 is 1.20 bits per heavy atom. The van der Waals surface area contributed by atoms with Gasteiger partial charge in [-0.3, -0.25) is 4.79 Å². The third kappa shape index (κ3) is 5.22. The minimum atomic E-state index is -0.553. The monoisotopic (exact) mass is 349 g/mol. The van der Waals surface area contributed by atoms with E-state index in [0.717, 1.165) is 0 Å². The van der Waals surface area contributed by atoms with Gasteiger partial charge in [0.1, 0.15) is 23.7 Å². The number of esters is 2. The molecular formula is C18H23NO6. The van der Waals surface area contributed by atoms with Gasteiger partial charge in [-0.1, -0.05) is 0 Å². The molecule has 0 spiro atoms. The summed E-state index contributed by atoms with van der Waals surface area (Å²) in [5.41, 5.74) is 0.383. The molecule has 0 saturated carbocycles. The van der Waals surface area contributed by atoms with Crippen molar-refractivity contribution in [3.05, 3.63) is 24.0 Å². The molecule has 1 heterocycles. The second-order valence-corrected chi connectivity index (χ2v) is 6.14. The number of carbonyl (C=O) groups is 2. The standard InChI is InChI=1S/C18H23NO6/c1-11(2)23-15-8-13(24-12(3)20)9-16-14(15)10-17(25-16)18(21)22-7-6-19(4)5/h8-11H,6-7H2,1-5H3. The molecule has 0 aliphatic heterocycles. The molecule has 1 aromatic carbocycles. The average molecular weight is 349 g/mol. The number of hydrogen-bond donors (Lipinski definition) is 0. The van der Waals surface area contributed by atoms with E-state index in [1.165, 1.54) is 6.92 Å². The Bertz CT molecular complexity index is 762. The average Bonchev–Trinajstić information content (AvgIpc) is 2.89. The molecule has 2 aromatic rings. The van der Waals surface area contributed by atoms with Gasteiger partial charge in [-0.2, -0.15) is 0 Å². The Balaban J connectivity index is 2.32. The minimum Gasteiger partial charge on any atom is -0.490 e. The van der Waals surface area contributed by atoms with Crippen LogP contribution >= 0.6 is 0 Å². The minimum absolute atomic E-state index is 0.0716. The summed E-state index contributed by atoms with van der Waals surface area (Å²) >= 11 is 0. The van der Waals surface area contributed by atoms with Crippen LogP contribution < -0.4 is 9.47 Å². The molecule has 0 radical (unpaired) electrons. The molecule has 0 aliphatic rings. The Hall–Kier alpha value is -2.54. The summed E-state index contributed by atoms with van der Waals surface area (Å²) < 4.78 is 21.6. The molecule has 0 aliphatic carbocycles. The third-order valence-corrected chi connectivity index (χ3v) is 3.17. The zero-order valence-electron chi connectivity index (χ0n) is 15.1. The maximum Gasteiger partial charge on any atom is 0.374 e. The molecule has 0 unspecified atom stereocenters. The molecule has 1 aromatic heterocycles. The predicted octanol–water partition coefficient (Wildman–Crippen LogP) is 2.86. The van der Waals surface area contributed by atoms with Crippen LogP contribution in [0.4, 0.5) is 0 Å². The van der Waals surface area contributed by atoms with E-state index >= 15 is 0 Å². The number of fused-ring (bicyclic) bond motifs is 1. The number of benzene rings is 1. The molecule has 0 N–H and O–H groups in total. The largest absolute Gasteiger partial charge is 0.490 e. The third-order valence-electron chi connectivity index (χ3n) is 3.17.